The Labute approximate surface area is 67.6 Å². The van der Waals surface area contributed by atoms with E-state index in [1.165, 1.54) is 15.1 Å². The lowest BCUT2D eigenvalue weighted by Gasteiger charge is -1.72. The second kappa shape index (κ2) is 2.41. The molecule has 1 aromatic rings. The normalized spacial score (nSPS) is 9.43. The zero-order chi connectivity index (χ0) is 5.28. The van der Waals surface area contributed by atoms with Gasteiger partial charge >= 0.3 is 0 Å². The second-order valence-corrected chi connectivity index (χ2v) is 4.23. The molecule has 1 heterocycles. The summed E-state index contributed by atoms with van der Waals surface area (Å²) in [5.41, 5.74) is 0. The smallest absolute Gasteiger partial charge is 0.104 e. The summed E-state index contributed by atoms with van der Waals surface area (Å²) in [5.74, 6) is 0. The molecule has 0 radical (unpaired) electrons. The van der Waals surface area contributed by atoms with Crippen LogP contribution in [0.5, 0.6) is 0 Å². The third-order valence-electron chi connectivity index (χ3n) is 0.487. The Kier molecular flexibility index (Phi) is 2.05. The zero-order valence-corrected chi connectivity index (χ0v) is 7.75. The molecule has 1 nitrogen and oxygen atoms in total. The van der Waals surface area contributed by atoms with Crippen LogP contribution >= 0.6 is 50.1 Å². The third kappa shape index (κ3) is 1.36. The third-order valence-corrected chi connectivity index (χ3v) is 3.86. The SMILES string of the molecule is Brc1sncc1I. The van der Waals surface area contributed by atoms with Crippen LogP contribution in [0.15, 0.2) is 9.98 Å². The Morgan fingerprint density at radius 3 is 2.71 bits per heavy atom. The first-order chi connectivity index (χ1) is 3.30. The van der Waals surface area contributed by atoms with Gasteiger partial charge in [0.15, 0.2) is 0 Å². The highest BCUT2D eigenvalue weighted by molar-refractivity contribution is 14.1. The van der Waals surface area contributed by atoms with E-state index in [0.29, 0.717) is 0 Å². The molecule has 1 rings (SSSR count). The Morgan fingerprint density at radius 1 is 1.86 bits per heavy atom. The molecule has 0 bridgehead atoms. The lowest BCUT2D eigenvalue weighted by atomic mass is 10.8. The summed E-state index contributed by atoms with van der Waals surface area (Å²) in [7, 11) is 0. The van der Waals surface area contributed by atoms with Gasteiger partial charge in [-0.15, -0.1) is 0 Å². The molecule has 7 heavy (non-hydrogen) atoms. The summed E-state index contributed by atoms with van der Waals surface area (Å²) in [6.07, 6.45) is 1.83. The van der Waals surface area contributed by atoms with Crippen LogP contribution in [0.1, 0.15) is 0 Å². The average Bonchev–Trinajstić information content (AvgIpc) is 1.91. The van der Waals surface area contributed by atoms with Gasteiger partial charge in [0.1, 0.15) is 3.79 Å². The zero-order valence-electron chi connectivity index (χ0n) is 3.19. The number of halogens is 2. The monoisotopic (exact) mass is 289 g/mol. The van der Waals surface area contributed by atoms with Gasteiger partial charge in [-0.25, -0.2) is 0 Å². The van der Waals surface area contributed by atoms with Crippen molar-refractivity contribution in [2.24, 2.45) is 0 Å². The standard InChI is InChI=1S/C3HBrINS/c4-3-2(5)1-6-7-3/h1H. The highest BCUT2D eigenvalue weighted by Gasteiger charge is 1.93. The van der Waals surface area contributed by atoms with E-state index in [2.05, 4.69) is 42.9 Å². The molecule has 0 N–H and O–H groups in total. The number of hydrogen-bond donors (Lipinski definition) is 0. The molecule has 0 atom stereocenters. The van der Waals surface area contributed by atoms with Crippen LogP contribution in [-0.4, -0.2) is 4.37 Å². The van der Waals surface area contributed by atoms with E-state index in [4.69, 9.17) is 0 Å². The molecule has 0 unspecified atom stereocenters. The van der Waals surface area contributed by atoms with E-state index in [0.717, 1.165) is 3.79 Å². The van der Waals surface area contributed by atoms with Crippen molar-refractivity contribution in [2.75, 3.05) is 0 Å². The van der Waals surface area contributed by atoms with Crippen molar-refractivity contribution in [3.63, 3.8) is 0 Å². The molecule has 0 saturated heterocycles. The van der Waals surface area contributed by atoms with Gasteiger partial charge in [0.05, 0.1) is 9.77 Å². The molecule has 0 spiro atoms. The summed E-state index contributed by atoms with van der Waals surface area (Å²) in [5, 5.41) is 0. The molecular weight excluding hydrogens is 289 g/mol. The fourth-order valence-electron chi connectivity index (χ4n) is 0.213. The Hall–Kier alpha value is 0.840. The van der Waals surface area contributed by atoms with Crippen LogP contribution in [0, 0.1) is 3.57 Å². The largest absolute Gasteiger partial charge is 0.199 e. The summed E-state index contributed by atoms with van der Waals surface area (Å²) < 4.78 is 6.21. The number of aromatic nitrogens is 1. The molecule has 0 aliphatic heterocycles. The average molecular weight is 290 g/mol. The number of rotatable bonds is 0. The van der Waals surface area contributed by atoms with Crippen LogP contribution in [0.4, 0.5) is 0 Å². The fourth-order valence-corrected chi connectivity index (χ4v) is 1.58. The molecule has 1 aromatic heterocycles. The van der Waals surface area contributed by atoms with Crippen molar-refractivity contribution in [2.45, 2.75) is 0 Å². The topological polar surface area (TPSA) is 12.9 Å². The lowest BCUT2D eigenvalue weighted by Crippen LogP contribution is -1.53. The lowest BCUT2D eigenvalue weighted by molar-refractivity contribution is 1.55. The number of hydrogen-bond acceptors (Lipinski definition) is 2. The van der Waals surface area contributed by atoms with Crippen LogP contribution in [0.25, 0.3) is 0 Å². The summed E-state index contributed by atoms with van der Waals surface area (Å²) in [6.45, 7) is 0. The van der Waals surface area contributed by atoms with E-state index in [1.54, 1.807) is 0 Å². The minimum Gasteiger partial charge on any atom is -0.199 e. The fraction of sp³-hybridized carbons (Fsp3) is 0. The van der Waals surface area contributed by atoms with Gasteiger partial charge in [0.25, 0.3) is 0 Å². The van der Waals surface area contributed by atoms with Gasteiger partial charge in [-0.1, -0.05) is 0 Å². The quantitative estimate of drug-likeness (QED) is 0.669. The van der Waals surface area contributed by atoms with Crippen molar-refractivity contribution >= 4 is 50.1 Å². The maximum Gasteiger partial charge on any atom is 0.104 e. The first-order valence-electron chi connectivity index (χ1n) is 1.56. The van der Waals surface area contributed by atoms with Crippen LogP contribution in [-0.2, 0) is 0 Å². The van der Waals surface area contributed by atoms with Gasteiger partial charge in [-0.05, 0) is 50.1 Å². The van der Waals surface area contributed by atoms with Crippen molar-refractivity contribution in [1.82, 2.24) is 4.37 Å². The molecule has 0 aliphatic rings. The maximum atomic E-state index is 3.91. The van der Waals surface area contributed by atoms with Gasteiger partial charge in [0, 0.05) is 0 Å². The molecule has 0 saturated carbocycles. The minimum absolute atomic E-state index is 1.12. The molecule has 0 fully saturated rings. The molecular formula is C3HBrINS. The van der Waals surface area contributed by atoms with E-state index in [-0.39, 0.29) is 0 Å². The highest BCUT2D eigenvalue weighted by Crippen LogP contribution is 2.21. The Bertz CT molecular complexity index is 147. The maximum absolute atomic E-state index is 3.91. The van der Waals surface area contributed by atoms with Gasteiger partial charge in [0.2, 0.25) is 0 Å². The second-order valence-electron chi connectivity index (χ2n) is 0.947. The summed E-state index contributed by atoms with van der Waals surface area (Å²) in [4.78, 5) is 0. The molecule has 38 valence electrons. The van der Waals surface area contributed by atoms with Gasteiger partial charge in [-0.3, -0.25) is 0 Å². The molecule has 0 aliphatic carbocycles. The van der Waals surface area contributed by atoms with E-state index < -0.39 is 0 Å². The predicted octanol–water partition coefficient (Wildman–Crippen LogP) is 2.51. The molecule has 0 amide bonds. The molecule has 4 heteroatoms. The van der Waals surface area contributed by atoms with Crippen LogP contribution < -0.4 is 0 Å². The van der Waals surface area contributed by atoms with Crippen molar-refractivity contribution in [3.8, 4) is 0 Å². The number of nitrogens with zero attached hydrogens (tertiary/aromatic N) is 1. The van der Waals surface area contributed by atoms with Crippen molar-refractivity contribution in [3.05, 3.63) is 13.6 Å². The van der Waals surface area contributed by atoms with E-state index in [1.807, 2.05) is 6.20 Å². The first kappa shape index (κ1) is 5.97. The molecule has 0 aromatic carbocycles. The van der Waals surface area contributed by atoms with Gasteiger partial charge in [-0.2, -0.15) is 4.37 Å². The minimum atomic E-state index is 1.12. The Morgan fingerprint density at radius 2 is 2.57 bits per heavy atom. The van der Waals surface area contributed by atoms with Crippen LogP contribution in [0.3, 0.4) is 0 Å². The van der Waals surface area contributed by atoms with Crippen molar-refractivity contribution in [1.29, 1.82) is 0 Å². The van der Waals surface area contributed by atoms with E-state index in [9.17, 15) is 0 Å². The van der Waals surface area contributed by atoms with Gasteiger partial charge < -0.3 is 0 Å². The van der Waals surface area contributed by atoms with E-state index >= 15 is 0 Å². The first-order valence-corrected chi connectivity index (χ1v) is 4.21. The summed E-state index contributed by atoms with van der Waals surface area (Å²) >= 11 is 7.00. The highest BCUT2D eigenvalue weighted by atomic mass is 127. The van der Waals surface area contributed by atoms with Crippen LogP contribution in [0.2, 0.25) is 0 Å². The van der Waals surface area contributed by atoms with Crippen molar-refractivity contribution < 1.29 is 0 Å². The summed E-state index contributed by atoms with van der Waals surface area (Å²) in [6, 6.07) is 0. The predicted molar refractivity (Wildman–Crippen MR) is 42.5 cm³/mol. The Balaban J connectivity index is 3.12.